The highest BCUT2D eigenvalue weighted by atomic mass is 16.3. The summed E-state index contributed by atoms with van der Waals surface area (Å²) in [4.78, 5) is 7.22. The lowest BCUT2D eigenvalue weighted by Crippen LogP contribution is -2.31. The number of benzene rings is 5. The summed E-state index contributed by atoms with van der Waals surface area (Å²) in [5.74, 6) is 0.895. The largest absolute Gasteiger partial charge is 0.495 e. The normalized spacial score (nSPS) is 14.9. The van der Waals surface area contributed by atoms with Crippen LogP contribution in [0.5, 0.6) is 0 Å². The van der Waals surface area contributed by atoms with Gasteiger partial charge in [-0.25, -0.2) is 4.98 Å². The number of aromatic nitrogens is 2. The molecule has 228 valence electrons. The molecule has 10 rings (SSSR count). The van der Waals surface area contributed by atoms with Gasteiger partial charge in [-0.15, -0.1) is 0 Å². The zero-order chi connectivity index (χ0) is 32.1. The highest BCUT2D eigenvalue weighted by molar-refractivity contribution is 6.15. The first-order chi connectivity index (χ1) is 23.5. The molecule has 0 saturated heterocycles. The molecule has 5 aromatic carbocycles. The van der Waals surface area contributed by atoms with Gasteiger partial charge in [0.05, 0.1) is 22.4 Å². The lowest BCUT2D eigenvalue weighted by atomic mass is 9.72. The number of anilines is 3. The number of hydrogen-bond acceptors (Lipinski definition) is 3. The third-order valence-corrected chi connectivity index (χ3v) is 10.1. The molecule has 6 heteroatoms. The van der Waals surface area contributed by atoms with Gasteiger partial charge in [0.2, 0.25) is 11.8 Å². The van der Waals surface area contributed by atoms with Gasteiger partial charge in [0.15, 0.2) is 7.05 Å². The molecular formula is C42H31N5O+2. The average molecular weight is 622 g/mol. The Balaban J connectivity index is 1.34. The molecule has 2 aliphatic rings. The van der Waals surface area contributed by atoms with E-state index in [9.17, 15) is 0 Å². The van der Waals surface area contributed by atoms with Crippen LogP contribution in [0.2, 0.25) is 0 Å². The second-order valence-corrected chi connectivity index (χ2v) is 13.2. The Hall–Kier alpha value is -6.23. The molecule has 0 amide bonds. The SMILES string of the molecule is C[N+]1=C=[N+](c2cc3c(c4c2oc2ccccc24)C(C)(C)c2ccccc2N3c2ccc3c4ccccc4n(-c4ccccn4)c3c2)C=C1. The van der Waals surface area contributed by atoms with E-state index in [-0.39, 0.29) is 5.41 Å². The minimum absolute atomic E-state index is 0.316. The van der Waals surface area contributed by atoms with Crippen LogP contribution in [0.25, 0.3) is 49.6 Å². The lowest BCUT2D eigenvalue weighted by molar-refractivity contribution is -0.429. The maximum Gasteiger partial charge on any atom is 0.495 e. The minimum Gasteiger partial charge on any atom is -0.449 e. The second kappa shape index (κ2) is 9.64. The van der Waals surface area contributed by atoms with Crippen molar-refractivity contribution in [3.63, 3.8) is 0 Å². The van der Waals surface area contributed by atoms with E-state index in [4.69, 9.17) is 9.40 Å². The molecule has 2 aliphatic heterocycles. The van der Waals surface area contributed by atoms with E-state index in [0.717, 1.165) is 61.5 Å². The van der Waals surface area contributed by atoms with Gasteiger partial charge in [-0.2, -0.15) is 0 Å². The first-order valence-corrected chi connectivity index (χ1v) is 16.3. The maximum absolute atomic E-state index is 6.71. The molecular weight excluding hydrogens is 590 g/mol. The Morgan fingerprint density at radius 2 is 1.50 bits per heavy atom. The van der Waals surface area contributed by atoms with Crippen molar-refractivity contribution < 1.29 is 13.6 Å². The van der Waals surface area contributed by atoms with Crippen LogP contribution in [-0.2, 0) is 5.41 Å². The number of fused-ring (bicyclic) bond motifs is 9. The molecule has 0 saturated carbocycles. The fourth-order valence-corrected chi connectivity index (χ4v) is 7.97. The molecule has 6 nitrogen and oxygen atoms in total. The van der Waals surface area contributed by atoms with Gasteiger partial charge >= 0.3 is 6.01 Å². The minimum atomic E-state index is -0.316. The van der Waals surface area contributed by atoms with Crippen molar-refractivity contribution >= 4 is 72.5 Å². The highest BCUT2D eigenvalue weighted by Crippen LogP contribution is 2.57. The summed E-state index contributed by atoms with van der Waals surface area (Å²) in [6.07, 6.45) is 5.91. The Kier molecular flexibility index (Phi) is 5.41. The van der Waals surface area contributed by atoms with Gasteiger partial charge in [0.1, 0.15) is 11.4 Å². The summed E-state index contributed by atoms with van der Waals surface area (Å²) >= 11 is 0. The number of furan rings is 1. The van der Waals surface area contributed by atoms with Crippen LogP contribution in [0.1, 0.15) is 25.0 Å². The van der Waals surface area contributed by atoms with E-state index in [1.165, 1.54) is 21.9 Å². The zero-order valence-electron chi connectivity index (χ0n) is 26.8. The Labute approximate surface area is 277 Å². The predicted octanol–water partition coefficient (Wildman–Crippen LogP) is 10.1. The molecule has 0 aliphatic carbocycles. The van der Waals surface area contributed by atoms with Gasteiger partial charge in [0, 0.05) is 44.9 Å². The van der Waals surface area contributed by atoms with Crippen LogP contribution in [0, 0.1) is 0 Å². The van der Waals surface area contributed by atoms with Crippen molar-refractivity contribution in [1.82, 2.24) is 9.55 Å². The van der Waals surface area contributed by atoms with Crippen molar-refractivity contribution in [2.75, 3.05) is 11.9 Å². The molecule has 0 fully saturated rings. The molecule has 0 spiro atoms. The third kappa shape index (κ3) is 3.61. The quantitative estimate of drug-likeness (QED) is 0.184. The monoisotopic (exact) mass is 621 g/mol. The number of pyridine rings is 1. The molecule has 0 N–H and O–H groups in total. The van der Waals surface area contributed by atoms with E-state index in [2.05, 4.69) is 126 Å². The van der Waals surface area contributed by atoms with Crippen molar-refractivity contribution in [2.24, 2.45) is 0 Å². The van der Waals surface area contributed by atoms with Gasteiger partial charge in [-0.05, 0) is 53.6 Å². The summed E-state index contributed by atoms with van der Waals surface area (Å²) in [5, 5.41) is 4.64. The highest BCUT2D eigenvalue weighted by Gasteiger charge is 2.42. The first-order valence-electron chi connectivity index (χ1n) is 16.3. The van der Waals surface area contributed by atoms with Crippen LogP contribution in [0.3, 0.4) is 0 Å². The smallest absolute Gasteiger partial charge is 0.449 e. The van der Waals surface area contributed by atoms with Crippen LogP contribution in [0.15, 0.2) is 138 Å². The van der Waals surface area contributed by atoms with Gasteiger partial charge in [-0.3, -0.25) is 4.57 Å². The van der Waals surface area contributed by atoms with Crippen molar-refractivity contribution in [2.45, 2.75) is 19.3 Å². The standard InChI is InChI=1S/C42H31N5O/c1-42(2)31-14-6-8-16-33(31)46(27-19-20-29-28-12-4-7-15-32(28)47(34(29)24-27)38-18-10-11-21-43-38)35-25-36(45-23-22-44(3)26-45)41-39(40(35)42)30-13-5-9-17-37(30)48-41/h4-25H,1-3H3/q+2. The molecule has 3 aromatic heterocycles. The topological polar surface area (TPSA) is 40.2 Å². The fourth-order valence-electron chi connectivity index (χ4n) is 7.97. The third-order valence-electron chi connectivity index (χ3n) is 10.1. The van der Waals surface area contributed by atoms with E-state index in [1.807, 2.05) is 53.0 Å². The second-order valence-electron chi connectivity index (χ2n) is 13.2. The van der Waals surface area contributed by atoms with Crippen LogP contribution in [-0.4, -0.2) is 31.8 Å². The van der Waals surface area contributed by atoms with Crippen LogP contribution >= 0.6 is 0 Å². The summed E-state index contributed by atoms with van der Waals surface area (Å²) in [5.41, 5.74) is 10.5. The Morgan fingerprint density at radius 1 is 0.729 bits per heavy atom. The molecule has 5 heterocycles. The van der Waals surface area contributed by atoms with E-state index in [0.29, 0.717) is 0 Å². The lowest BCUT2D eigenvalue weighted by Gasteiger charge is -2.42. The zero-order valence-corrected chi connectivity index (χ0v) is 26.8. The van der Waals surface area contributed by atoms with Crippen molar-refractivity contribution in [3.8, 4) is 5.82 Å². The number of hydrogen-bond donors (Lipinski definition) is 0. The number of para-hydroxylation sites is 3. The molecule has 0 radical (unpaired) electrons. The Morgan fingerprint density at radius 3 is 2.33 bits per heavy atom. The van der Waals surface area contributed by atoms with Crippen LogP contribution < -0.4 is 4.90 Å². The molecule has 0 bridgehead atoms. The predicted molar refractivity (Wildman–Crippen MR) is 193 cm³/mol. The maximum atomic E-state index is 6.71. The number of nitrogens with zero attached hydrogens (tertiary/aromatic N) is 5. The summed E-state index contributed by atoms with van der Waals surface area (Å²) in [6.45, 7) is 4.68. The summed E-state index contributed by atoms with van der Waals surface area (Å²) in [7, 11) is 1.99. The molecule has 48 heavy (non-hydrogen) atoms. The molecule has 0 unspecified atom stereocenters. The molecule has 0 atom stereocenters. The van der Waals surface area contributed by atoms with E-state index in [1.54, 1.807) is 0 Å². The summed E-state index contributed by atoms with van der Waals surface area (Å²) in [6, 6.07) is 44.5. The first kappa shape index (κ1) is 26.9. The van der Waals surface area contributed by atoms with Gasteiger partial charge in [-0.1, -0.05) is 89.7 Å². The summed E-state index contributed by atoms with van der Waals surface area (Å²) < 4.78 is 13.0. The average Bonchev–Trinajstić information content (AvgIpc) is 3.81. The Bertz CT molecular complexity index is 2760. The van der Waals surface area contributed by atoms with Crippen LogP contribution in [0.4, 0.5) is 22.7 Å². The molecule has 8 aromatic rings. The number of rotatable bonds is 3. The van der Waals surface area contributed by atoms with Gasteiger partial charge in [0.25, 0.3) is 11.9 Å². The van der Waals surface area contributed by atoms with E-state index < -0.39 is 0 Å². The van der Waals surface area contributed by atoms with Crippen molar-refractivity contribution in [3.05, 3.63) is 145 Å². The van der Waals surface area contributed by atoms with Crippen molar-refractivity contribution in [1.29, 1.82) is 0 Å². The fraction of sp³-hybridized carbons (Fsp3) is 0.0952. The van der Waals surface area contributed by atoms with E-state index >= 15 is 0 Å². The van der Waals surface area contributed by atoms with Gasteiger partial charge < -0.3 is 9.32 Å².